The van der Waals surface area contributed by atoms with Crippen LogP contribution in [0.2, 0.25) is 0 Å². The fourth-order valence-corrected chi connectivity index (χ4v) is 3.26. The number of hydrogen-bond donors (Lipinski definition) is 1. The zero-order chi connectivity index (χ0) is 18.5. The second-order valence-electron chi connectivity index (χ2n) is 6.50. The van der Waals surface area contributed by atoms with E-state index in [1.165, 1.54) is 5.56 Å². The van der Waals surface area contributed by atoms with Crippen LogP contribution >= 0.6 is 0 Å². The van der Waals surface area contributed by atoms with Crippen LogP contribution in [0.3, 0.4) is 0 Å². The molecule has 134 valence electrons. The highest BCUT2D eigenvalue weighted by Gasteiger charge is 2.13. The summed E-state index contributed by atoms with van der Waals surface area (Å²) in [5.41, 5.74) is 3.99. The van der Waals surface area contributed by atoms with Crippen LogP contribution in [0.25, 0.3) is 11.0 Å². The van der Waals surface area contributed by atoms with Crippen molar-refractivity contribution < 1.29 is 4.79 Å². The Labute approximate surface area is 158 Å². The lowest BCUT2D eigenvalue weighted by atomic mass is 10.1. The van der Waals surface area contributed by atoms with Gasteiger partial charge in [-0.15, -0.1) is 0 Å². The first-order valence-electron chi connectivity index (χ1n) is 9.12. The van der Waals surface area contributed by atoms with E-state index in [1.54, 1.807) is 0 Å². The number of fused-ring (bicyclic) bond motifs is 1. The predicted molar refractivity (Wildman–Crippen MR) is 109 cm³/mol. The first kappa shape index (κ1) is 17.0. The van der Waals surface area contributed by atoms with Gasteiger partial charge in [0.15, 0.2) is 0 Å². The van der Waals surface area contributed by atoms with E-state index in [-0.39, 0.29) is 12.5 Å². The fraction of sp³-hybridized carbons (Fsp3) is 0.130. The highest BCUT2D eigenvalue weighted by atomic mass is 16.1. The van der Waals surface area contributed by atoms with E-state index < -0.39 is 0 Å². The quantitative estimate of drug-likeness (QED) is 0.555. The zero-order valence-corrected chi connectivity index (χ0v) is 15.0. The second-order valence-corrected chi connectivity index (χ2v) is 6.50. The number of aromatic nitrogens is 2. The van der Waals surface area contributed by atoms with Crippen LogP contribution in [0.15, 0.2) is 84.9 Å². The van der Waals surface area contributed by atoms with E-state index in [4.69, 9.17) is 4.98 Å². The predicted octanol–water partition coefficient (Wildman–Crippen LogP) is 4.46. The summed E-state index contributed by atoms with van der Waals surface area (Å²) in [5.74, 6) is 0.883. The number of rotatable bonds is 6. The number of para-hydroxylation sites is 3. The number of carbonyl (C=O) groups is 1. The Kier molecular flexibility index (Phi) is 4.97. The molecule has 3 aromatic carbocycles. The number of nitrogens with zero attached hydrogens (tertiary/aromatic N) is 2. The van der Waals surface area contributed by atoms with Crippen molar-refractivity contribution in [1.29, 1.82) is 0 Å². The molecule has 0 fully saturated rings. The third-order valence-electron chi connectivity index (χ3n) is 4.57. The van der Waals surface area contributed by atoms with Gasteiger partial charge in [-0.3, -0.25) is 4.79 Å². The molecular formula is C23H21N3O. The van der Waals surface area contributed by atoms with E-state index in [9.17, 15) is 4.79 Å². The van der Waals surface area contributed by atoms with Gasteiger partial charge in [-0.2, -0.15) is 0 Å². The molecule has 0 radical (unpaired) electrons. The van der Waals surface area contributed by atoms with Gasteiger partial charge < -0.3 is 9.88 Å². The summed E-state index contributed by atoms with van der Waals surface area (Å²) in [7, 11) is 0. The first-order chi connectivity index (χ1) is 13.3. The van der Waals surface area contributed by atoms with Crippen molar-refractivity contribution >= 4 is 22.6 Å². The molecule has 0 saturated carbocycles. The van der Waals surface area contributed by atoms with Crippen LogP contribution in [-0.2, 0) is 24.2 Å². The number of nitrogens with one attached hydrogen (secondary N) is 1. The lowest BCUT2D eigenvalue weighted by Gasteiger charge is -2.10. The first-order valence-corrected chi connectivity index (χ1v) is 9.12. The molecule has 0 atom stereocenters. The molecule has 0 aliphatic carbocycles. The van der Waals surface area contributed by atoms with Crippen molar-refractivity contribution in [2.24, 2.45) is 0 Å². The minimum Gasteiger partial charge on any atom is -0.325 e. The van der Waals surface area contributed by atoms with Gasteiger partial charge in [0.25, 0.3) is 0 Å². The molecule has 1 amide bonds. The molecule has 4 rings (SSSR count). The molecule has 0 spiro atoms. The molecule has 4 aromatic rings. The van der Waals surface area contributed by atoms with Gasteiger partial charge in [-0.1, -0.05) is 60.7 Å². The number of benzene rings is 3. The third kappa shape index (κ3) is 4.06. The van der Waals surface area contributed by atoms with Crippen molar-refractivity contribution in [3.8, 4) is 0 Å². The average Bonchev–Trinajstić information content (AvgIpc) is 3.05. The minimum atomic E-state index is -0.0506. The van der Waals surface area contributed by atoms with Crippen molar-refractivity contribution in [2.45, 2.75) is 19.4 Å². The molecule has 4 heteroatoms. The summed E-state index contributed by atoms with van der Waals surface area (Å²) in [4.78, 5) is 17.4. The normalized spacial score (nSPS) is 10.8. The zero-order valence-electron chi connectivity index (χ0n) is 15.0. The van der Waals surface area contributed by atoms with Crippen molar-refractivity contribution in [2.75, 3.05) is 5.32 Å². The minimum absolute atomic E-state index is 0.0506. The molecule has 1 aromatic heterocycles. The number of aryl methyl sites for hydroxylation is 2. The standard InChI is InChI=1S/C23H21N3O/c27-23(24-19-11-5-2-6-12-19)17-26-21-14-8-7-13-20(21)25-22(26)16-15-18-9-3-1-4-10-18/h1-14H,15-17H2,(H,24,27). The Hall–Kier alpha value is -3.40. The summed E-state index contributed by atoms with van der Waals surface area (Å²) in [6.07, 6.45) is 1.68. The molecular weight excluding hydrogens is 334 g/mol. The average molecular weight is 355 g/mol. The number of imidazole rings is 1. The van der Waals surface area contributed by atoms with Gasteiger partial charge in [0.05, 0.1) is 11.0 Å². The van der Waals surface area contributed by atoms with Gasteiger partial charge in [0.2, 0.25) is 5.91 Å². The molecule has 0 bridgehead atoms. The SMILES string of the molecule is O=C(Cn1c(CCc2ccccc2)nc2ccccc21)Nc1ccccc1. The summed E-state index contributed by atoms with van der Waals surface area (Å²) in [5, 5.41) is 2.96. The van der Waals surface area contributed by atoms with E-state index in [0.717, 1.165) is 35.4 Å². The summed E-state index contributed by atoms with van der Waals surface area (Å²) in [6.45, 7) is 0.250. The lowest BCUT2D eigenvalue weighted by Crippen LogP contribution is -2.20. The van der Waals surface area contributed by atoms with Crippen LogP contribution in [-0.4, -0.2) is 15.5 Å². The van der Waals surface area contributed by atoms with Gasteiger partial charge in [-0.25, -0.2) is 4.98 Å². The maximum Gasteiger partial charge on any atom is 0.244 e. The van der Waals surface area contributed by atoms with Gasteiger partial charge in [0.1, 0.15) is 12.4 Å². The largest absolute Gasteiger partial charge is 0.325 e. The molecule has 0 saturated heterocycles. The van der Waals surface area contributed by atoms with Gasteiger partial charge >= 0.3 is 0 Å². The summed E-state index contributed by atoms with van der Waals surface area (Å²) >= 11 is 0. The number of carbonyl (C=O) groups excluding carboxylic acids is 1. The van der Waals surface area contributed by atoms with Crippen LogP contribution in [0.5, 0.6) is 0 Å². The highest BCUT2D eigenvalue weighted by molar-refractivity contribution is 5.91. The third-order valence-corrected chi connectivity index (χ3v) is 4.57. The Morgan fingerprint density at radius 1 is 0.815 bits per heavy atom. The Morgan fingerprint density at radius 2 is 1.48 bits per heavy atom. The number of anilines is 1. The maximum absolute atomic E-state index is 12.6. The molecule has 0 unspecified atom stereocenters. The number of hydrogen-bond acceptors (Lipinski definition) is 2. The van der Waals surface area contributed by atoms with Gasteiger partial charge in [0, 0.05) is 12.1 Å². The smallest absolute Gasteiger partial charge is 0.244 e. The molecule has 1 N–H and O–H groups in total. The molecule has 4 nitrogen and oxygen atoms in total. The van der Waals surface area contributed by atoms with Gasteiger partial charge in [-0.05, 0) is 36.2 Å². The molecule has 0 aliphatic heterocycles. The Balaban J connectivity index is 1.57. The summed E-state index contributed by atoms with van der Waals surface area (Å²) < 4.78 is 2.02. The molecule has 0 aliphatic rings. The molecule has 27 heavy (non-hydrogen) atoms. The Morgan fingerprint density at radius 3 is 2.26 bits per heavy atom. The fourth-order valence-electron chi connectivity index (χ4n) is 3.26. The van der Waals surface area contributed by atoms with Crippen LogP contribution in [0.1, 0.15) is 11.4 Å². The van der Waals surface area contributed by atoms with E-state index in [2.05, 4.69) is 17.4 Å². The van der Waals surface area contributed by atoms with Crippen molar-refractivity contribution in [1.82, 2.24) is 9.55 Å². The monoisotopic (exact) mass is 355 g/mol. The summed E-state index contributed by atoms with van der Waals surface area (Å²) in [6, 6.07) is 27.9. The topological polar surface area (TPSA) is 46.9 Å². The van der Waals surface area contributed by atoms with Crippen LogP contribution < -0.4 is 5.32 Å². The van der Waals surface area contributed by atoms with Crippen molar-refractivity contribution in [3.05, 3.63) is 96.3 Å². The van der Waals surface area contributed by atoms with E-state index in [0.29, 0.717) is 0 Å². The number of amides is 1. The van der Waals surface area contributed by atoms with E-state index >= 15 is 0 Å². The Bertz CT molecular complexity index is 1040. The van der Waals surface area contributed by atoms with Crippen LogP contribution in [0, 0.1) is 0 Å². The van der Waals surface area contributed by atoms with Crippen LogP contribution in [0.4, 0.5) is 5.69 Å². The molecule has 1 heterocycles. The van der Waals surface area contributed by atoms with Crippen molar-refractivity contribution in [3.63, 3.8) is 0 Å². The maximum atomic E-state index is 12.6. The highest BCUT2D eigenvalue weighted by Crippen LogP contribution is 2.18. The van der Waals surface area contributed by atoms with E-state index in [1.807, 2.05) is 77.4 Å². The lowest BCUT2D eigenvalue weighted by molar-refractivity contribution is -0.116. The second kappa shape index (κ2) is 7.87.